The number of carbonyl (C=O) groups is 1. The predicted molar refractivity (Wildman–Crippen MR) is 81.6 cm³/mol. The van der Waals surface area contributed by atoms with E-state index in [0.717, 1.165) is 16.4 Å². The molecule has 0 saturated carbocycles. The number of nitrogens with two attached hydrogens (primary N) is 1. The van der Waals surface area contributed by atoms with Gasteiger partial charge in [-0.2, -0.15) is 0 Å². The molecule has 2 rings (SSSR count). The molecule has 0 saturated heterocycles. The van der Waals surface area contributed by atoms with E-state index in [9.17, 15) is 17.6 Å². The SMILES string of the molecule is NC(=O)CN(c1ccc(F)cc1)S(=O)(=O)c1ccc(Cl)cc1. The van der Waals surface area contributed by atoms with Crippen LogP contribution in [-0.4, -0.2) is 20.9 Å². The molecule has 0 aliphatic heterocycles. The number of amides is 1. The molecule has 116 valence electrons. The second-order valence-electron chi connectivity index (χ2n) is 4.41. The molecule has 0 aliphatic rings. The lowest BCUT2D eigenvalue weighted by Crippen LogP contribution is -2.38. The van der Waals surface area contributed by atoms with Gasteiger partial charge >= 0.3 is 0 Å². The fourth-order valence-electron chi connectivity index (χ4n) is 1.80. The zero-order chi connectivity index (χ0) is 16.3. The van der Waals surface area contributed by atoms with E-state index in [2.05, 4.69) is 0 Å². The van der Waals surface area contributed by atoms with Crippen LogP contribution in [0.4, 0.5) is 10.1 Å². The number of sulfonamides is 1. The van der Waals surface area contributed by atoms with E-state index in [0.29, 0.717) is 5.02 Å². The van der Waals surface area contributed by atoms with E-state index in [1.165, 1.54) is 36.4 Å². The van der Waals surface area contributed by atoms with Gasteiger partial charge in [-0.15, -0.1) is 0 Å². The van der Waals surface area contributed by atoms with Gasteiger partial charge in [0, 0.05) is 5.02 Å². The number of halogens is 2. The smallest absolute Gasteiger partial charge is 0.264 e. The van der Waals surface area contributed by atoms with Crippen LogP contribution in [0.25, 0.3) is 0 Å². The minimum Gasteiger partial charge on any atom is -0.368 e. The molecule has 0 fully saturated rings. The number of rotatable bonds is 5. The predicted octanol–water partition coefficient (Wildman–Crippen LogP) is 2.16. The Hall–Kier alpha value is -2.12. The van der Waals surface area contributed by atoms with E-state index in [4.69, 9.17) is 17.3 Å². The second kappa shape index (κ2) is 6.33. The maximum Gasteiger partial charge on any atom is 0.264 e. The van der Waals surface area contributed by atoms with Crippen LogP contribution >= 0.6 is 11.6 Å². The van der Waals surface area contributed by atoms with Gasteiger partial charge in [0.2, 0.25) is 5.91 Å². The summed E-state index contributed by atoms with van der Waals surface area (Å²) in [6, 6.07) is 10.2. The van der Waals surface area contributed by atoms with Crippen molar-refractivity contribution in [2.24, 2.45) is 5.73 Å². The number of primary amides is 1. The first-order valence-electron chi connectivity index (χ1n) is 6.13. The molecule has 0 radical (unpaired) electrons. The highest BCUT2D eigenvalue weighted by atomic mass is 35.5. The average molecular weight is 343 g/mol. The van der Waals surface area contributed by atoms with Gasteiger partial charge in [0.25, 0.3) is 10.0 Å². The lowest BCUT2D eigenvalue weighted by Gasteiger charge is -2.23. The number of carbonyl (C=O) groups excluding carboxylic acids is 1. The normalized spacial score (nSPS) is 11.2. The summed E-state index contributed by atoms with van der Waals surface area (Å²) >= 11 is 5.74. The van der Waals surface area contributed by atoms with Crippen molar-refractivity contribution in [3.8, 4) is 0 Å². The molecule has 0 aromatic heterocycles. The van der Waals surface area contributed by atoms with E-state index >= 15 is 0 Å². The maximum absolute atomic E-state index is 13.0. The van der Waals surface area contributed by atoms with Crippen LogP contribution in [0.5, 0.6) is 0 Å². The van der Waals surface area contributed by atoms with Gasteiger partial charge in [-0.1, -0.05) is 11.6 Å². The Morgan fingerprint density at radius 3 is 2.14 bits per heavy atom. The van der Waals surface area contributed by atoms with Crippen LogP contribution < -0.4 is 10.0 Å². The number of hydrogen-bond acceptors (Lipinski definition) is 3. The third-order valence-electron chi connectivity index (χ3n) is 2.82. The fraction of sp³-hybridized carbons (Fsp3) is 0.0714. The lowest BCUT2D eigenvalue weighted by atomic mass is 10.3. The molecule has 0 atom stereocenters. The Morgan fingerprint density at radius 1 is 1.09 bits per heavy atom. The molecular weight excluding hydrogens is 331 g/mol. The van der Waals surface area contributed by atoms with Crippen molar-refractivity contribution in [2.45, 2.75) is 4.90 Å². The summed E-state index contributed by atoms with van der Waals surface area (Å²) < 4.78 is 39.1. The maximum atomic E-state index is 13.0. The van der Waals surface area contributed by atoms with E-state index in [1.54, 1.807) is 0 Å². The Bertz CT molecular complexity index is 777. The molecule has 0 aliphatic carbocycles. The van der Waals surface area contributed by atoms with E-state index in [1.807, 2.05) is 0 Å². The fourth-order valence-corrected chi connectivity index (χ4v) is 3.35. The topological polar surface area (TPSA) is 80.5 Å². The number of nitrogens with zero attached hydrogens (tertiary/aromatic N) is 1. The molecule has 0 heterocycles. The van der Waals surface area contributed by atoms with Gasteiger partial charge in [0.05, 0.1) is 10.6 Å². The molecule has 0 unspecified atom stereocenters. The molecule has 5 nitrogen and oxygen atoms in total. The molecule has 1 amide bonds. The van der Waals surface area contributed by atoms with Gasteiger partial charge in [0.1, 0.15) is 12.4 Å². The Balaban J connectivity index is 2.50. The van der Waals surface area contributed by atoms with Crippen LogP contribution in [0, 0.1) is 5.82 Å². The van der Waals surface area contributed by atoms with Gasteiger partial charge in [-0.05, 0) is 48.5 Å². The highest BCUT2D eigenvalue weighted by Crippen LogP contribution is 2.24. The van der Waals surface area contributed by atoms with Crippen molar-refractivity contribution in [3.05, 3.63) is 59.4 Å². The molecule has 2 aromatic carbocycles. The summed E-state index contributed by atoms with van der Waals surface area (Å²) in [6.07, 6.45) is 0. The van der Waals surface area contributed by atoms with Crippen molar-refractivity contribution in [1.82, 2.24) is 0 Å². The first-order valence-corrected chi connectivity index (χ1v) is 7.94. The molecule has 2 N–H and O–H groups in total. The Kier molecular flexibility index (Phi) is 4.68. The van der Waals surface area contributed by atoms with E-state index in [-0.39, 0.29) is 10.6 Å². The van der Waals surface area contributed by atoms with Crippen molar-refractivity contribution < 1.29 is 17.6 Å². The second-order valence-corrected chi connectivity index (χ2v) is 6.71. The molecule has 0 bridgehead atoms. The quantitative estimate of drug-likeness (QED) is 0.904. The Morgan fingerprint density at radius 2 is 1.64 bits per heavy atom. The zero-order valence-corrected chi connectivity index (χ0v) is 12.8. The monoisotopic (exact) mass is 342 g/mol. The standard InChI is InChI=1S/C14H12ClFN2O3S/c15-10-1-7-13(8-2-10)22(20,21)18(9-14(17)19)12-5-3-11(16)4-6-12/h1-8H,9H2,(H2,17,19). The summed E-state index contributed by atoms with van der Waals surface area (Å²) in [6.45, 7) is -0.559. The summed E-state index contributed by atoms with van der Waals surface area (Å²) in [5.74, 6) is -1.35. The largest absolute Gasteiger partial charge is 0.368 e. The van der Waals surface area contributed by atoms with Crippen LogP contribution in [0.1, 0.15) is 0 Å². The molecule has 0 spiro atoms. The lowest BCUT2D eigenvalue weighted by molar-refractivity contribution is -0.116. The number of benzene rings is 2. The van der Waals surface area contributed by atoms with Crippen LogP contribution in [-0.2, 0) is 14.8 Å². The van der Waals surface area contributed by atoms with E-state index < -0.39 is 28.3 Å². The third-order valence-corrected chi connectivity index (χ3v) is 4.86. The highest BCUT2D eigenvalue weighted by molar-refractivity contribution is 7.92. The minimum absolute atomic E-state index is 0.0533. The number of hydrogen-bond donors (Lipinski definition) is 1. The summed E-state index contributed by atoms with van der Waals surface area (Å²) in [7, 11) is -4.03. The zero-order valence-electron chi connectivity index (χ0n) is 11.2. The first kappa shape index (κ1) is 16.3. The van der Waals surface area contributed by atoms with Crippen LogP contribution in [0.3, 0.4) is 0 Å². The van der Waals surface area contributed by atoms with Crippen molar-refractivity contribution in [1.29, 1.82) is 0 Å². The molecular formula is C14H12ClFN2O3S. The third kappa shape index (κ3) is 3.55. The first-order chi connectivity index (χ1) is 10.3. The average Bonchev–Trinajstić information content (AvgIpc) is 2.46. The van der Waals surface area contributed by atoms with Crippen LogP contribution in [0.15, 0.2) is 53.4 Å². The van der Waals surface area contributed by atoms with Crippen LogP contribution in [0.2, 0.25) is 5.02 Å². The molecule has 2 aromatic rings. The van der Waals surface area contributed by atoms with Gasteiger partial charge < -0.3 is 5.73 Å². The number of anilines is 1. The van der Waals surface area contributed by atoms with Crippen molar-refractivity contribution in [3.63, 3.8) is 0 Å². The van der Waals surface area contributed by atoms with Crippen molar-refractivity contribution >= 4 is 33.2 Å². The van der Waals surface area contributed by atoms with Crippen molar-refractivity contribution in [2.75, 3.05) is 10.8 Å². The van der Waals surface area contributed by atoms with Gasteiger partial charge in [-0.3, -0.25) is 9.10 Å². The van der Waals surface area contributed by atoms with Gasteiger partial charge in [-0.25, -0.2) is 12.8 Å². The highest BCUT2D eigenvalue weighted by Gasteiger charge is 2.26. The van der Waals surface area contributed by atoms with Gasteiger partial charge in [0.15, 0.2) is 0 Å². The molecule has 22 heavy (non-hydrogen) atoms. The molecule has 8 heteroatoms. The minimum atomic E-state index is -4.03. The summed E-state index contributed by atoms with van der Waals surface area (Å²) in [4.78, 5) is 11.1. The summed E-state index contributed by atoms with van der Waals surface area (Å²) in [5.41, 5.74) is 5.25. The Labute approximate surface area is 132 Å². The summed E-state index contributed by atoms with van der Waals surface area (Å²) in [5, 5.41) is 0.377.